The molecule has 0 spiro atoms. The Hall–Kier alpha value is -1.19. The molecule has 98 valence electrons. The molecule has 3 heteroatoms. The van der Waals surface area contributed by atoms with Crippen molar-refractivity contribution in [3.8, 4) is 0 Å². The Kier molecular flexibility index (Phi) is 4.15. The molecule has 1 N–H and O–H groups in total. The molecule has 0 amide bonds. The third kappa shape index (κ3) is 2.98. The second kappa shape index (κ2) is 5.63. The number of aliphatic hydroxyl groups is 1. The van der Waals surface area contributed by atoms with Gasteiger partial charge in [-0.1, -0.05) is 24.3 Å². The zero-order chi connectivity index (χ0) is 13.1. The van der Waals surface area contributed by atoms with Crippen molar-refractivity contribution in [1.29, 1.82) is 0 Å². The third-order valence-electron chi connectivity index (χ3n) is 3.30. The minimum atomic E-state index is -0.560. The van der Waals surface area contributed by atoms with E-state index in [9.17, 15) is 9.90 Å². The first-order valence-corrected chi connectivity index (χ1v) is 6.49. The Labute approximate surface area is 108 Å². The van der Waals surface area contributed by atoms with Crippen LogP contribution >= 0.6 is 0 Å². The summed E-state index contributed by atoms with van der Waals surface area (Å²) in [6.45, 7) is 4.17. The van der Waals surface area contributed by atoms with E-state index in [2.05, 4.69) is 0 Å². The van der Waals surface area contributed by atoms with Crippen LogP contribution in [-0.2, 0) is 11.2 Å². The number of carbonyl (C=O) groups is 1. The summed E-state index contributed by atoms with van der Waals surface area (Å²) in [5.74, 6) is 0.0716. The SMILES string of the molecule is CC(C)OCC(O)CC1Cc2ccccc2C1=O. The highest BCUT2D eigenvalue weighted by Crippen LogP contribution is 2.29. The zero-order valence-corrected chi connectivity index (χ0v) is 10.9. The summed E-state index contributed by atoms with van der Waals surface area (Å²) < 4.78 is 5.36. The molecule has 0 aromatic heterocycles. The van der Waals surface area contributed by atoms with Gasteiger partial charge in [-0.25, -0.2) is 0 Å². The van der Waals surface area contributed by atoms with Gasteiger partial charge in [0.05, 0.1) is 18.8 Å². The molecule has 0 aliphatic heterocycles. The third-order valence-corrected chi connectivity index (χ3v) is 3.30. The van der Waals surface area contributed by atoms with Crippen molar-refractivity contribution in [3.63, 3.8) is 0 Å². The van der Waals surface area contributed by atoms with Gasteiger partial charge in [0.2, 0.25) is 0 Å². The van der Waals surface area contributed by atoms with Gasteiger partial charge in [-0.2, -0.15) is 0 Å². The van der Waals surface area contributed by atoms with Gasteiger partial charge >= 0.3 is 0 Å². The molecule has 3 nitrogen and oxygen atoms in total. The Morgan fingerprint density at radius 3 is 2.78 bits per heavy atom. The Balaban J connectivity index is 1.91. The van der Waals surface area contributed by atoms with Gasteiger partial charge < -0.3 is 9.84 Å². The lowest BCUT2D eigenvalue weighted by atomic mass is 9.98. The van der Waals surface area contributed by atoms with E-state index >= 15 is 0 Å². The first-order valence-electron chi connectivity index (χ1n) is 6.49. The fourth-order valence-electron chi connectivity index (χ4n) is 2.41. The topological polar surface area (TPSA) is 46.5 Å². The monoisotopic (exact) mass is 248 g/mol. The molecule has 2 rings (SSSR count). The maximum Gasteiger partial charge on any atom is 0.166 e. The lowest BCUT2D eigenvalue weighted by Crippen LogP contribution is -2.24. The number of hydrogen-bond donors (Lipinski definition) is 1. The van der Waals surface area contributed by atoms with E-state index < -0.39 is 6.10 Å². The average Bonchev–Trinajstić information content (AvgIpc) is 2.65. The van der Waals surface area contributed by atoms with Crippen molar-refractivity contribution in [1.82, 2.24) is 0 Å². The van der Waals surface area contributed by atoms with Crippen LogP contribution in [0.5, 0.6) is 0 Å². The normalized spacial score (nSPS) is 20.2. The van der Waals surface area contributed by atoms with Gasteiger partial charge in [0.1, 0.15) is 0 Å². The zero-order valence-electron chi connectivity index (χ0n) is 10.9. The number of rotatable bonds is 5. The summed E-state index contributed by atoms with van der Waals surface area (Å²) in [5.41, 5.74) is 1.92. The first kappa shape index (κ1) is 13.2. The summed E-state index contributed by atoms with van der Waals surface area (Å²) in [6.07, 6.45) is 0.778. The van der Waals surface area contributed by atoms with E-state index in [4.69, 9.17) is 4.74 Å². The van der Waals surface area contributed by atoms with Crippen molar-refractivity contribution in [2.45, 2.75) is 38.9 Å². The smallest absolute Gasteiger partial charge is 0.166 e. The second-order valence-electron chi connectivity index (χ2n) is 5.19. The molecule has 1 aromatic carbocycles. The predicted molar refractivity (Wildman–Crippen MR) is 69.7 cm³/mol. The van der Waals surface area contributed by atoms with Gasteiger partial charge in [0.15, 0.2) is 5.78 Å². The van der Waals surface area contributed by atoms with E-state index in [1.165, 1.54) is 0 Å². The van der Waals surface area contributed by atoms with Crippen molar-refractivity contribution in [3.05, 3.63) is 35.4 Å². The van der Waals surface area contributed by atoms with E-state index in [1.807, 2.05) is 38.1 Å². The summed E-state index contributed by atoms with van der Waals surface area (Å²) in [5, 5.41) is 9.88. The van der Waals surface area contributed by atoms with Crippen LogP contribution < -0.4 is 0 Å². The van der Waals surface area contributed by atoms with Crippen LogP contribution in [-0.4, -0.2) is 29.7 Å². The van der Waals surface area contributed by atoms with E-state index in [1.54, 1.807) is 0 Å². The highest BCUT2D eigenvalue weighted by atomic mass is 16.5. The molecule has 0 radical (unpaired) electrons. The molecule has 2 unspecified atom stereocenters. The largest absolute Gasteiger partial charge is 0.391 e. The molecule has 0 bridgehead atoms. The number of fused-ring (bicyclic) bond motifs is 1. The number of ketones is 1. The van der Waals surface area contributed by atoms with Crippen LogP contribution in [0.1, 0.15) is 36.2 Å². The van der Waals surface area contributed by atoms with E-state index in [-0.39, 0.29) is 17.8 Å². The molecule has 0 saturated carbocycles. The maximum absolute atomic E-state index is 12.1. The van der Waals surface area contributed by atoms with Crippen LogP contribution in [0.2, 0.25) is 0 Å². The summed E-state index contributed by atoms with van der Waals surface area (Å²) in [6, 6.07) is 7.70. The molecule has 1 aliphatic rings. The first-order chi connectivity index (χ1) is 8.58. The lowest BCUT2D eigenvalue weighted by Gasteiger charge is -2.16. The Bertz CT molecular complexity index is 426. The molecule has 0 fully saturated rings. The van der Waals surface area contributed by atoms with Gasteiger partial charge in [-0.05, 0) is 32.3 Å². The van der Waals surface area contributed by atoms with Gasteiger partial charge in [0, 0.05) is 11.5 Å². The standard InChI is InChI=1S/C15H20O3/c1-10(2)18-9-13(16)8-12-7-11-5-3-4-6-14(11)15(12)17/h3-6,10,12-13,16H,7-9H2,1-2H3. The van der Waals surface area contributed by atoms with Crippen molar-refractivity contribution in [2.75, 3.05) is 6.61 Å². The molecule has 0 saturated heterocycles. The van der Waals surface area contributed by atoms with Crippen molar-refractivity contribution < 1.29 is 14.6 Å². The average molecular weight is 248 g/mol. The van der Waals surface area contributed by atoms with Crippen LogP contribution in [0.25, 0.3) is 0 Å². The van der Waals surface area contributed by atoms with Crippen LogP contribution in [0.4, 0.5) is 0 Å². The molecule has 1 aromatic rings. The summed E-state index contributed by atoms with van der Waals surface area (Å²) >= 11 is 0. The number of hydrogen-bond acceptors (Lipinski definition) is 3. The molecular formula is C15H20O3. The highest BCUT2D eigenvalue weighted by Gasteiger charge is 2.31. The fourth-order valence-corrected chi connectivity index (χ4v) is 2.41. The van der Waals surface area contributed by atoms with Gasteiger partial charge in [0.25, 0.3) is 0 Å². The van der Waals surface area contributed by atoms with Gasteiger partial charge in [-0.3, -0.25) is 4.79 Å². The van der Waals surface area contributed by atoms with Gasteiger partial charge in [-0.15, -0.1) is 0 Å². The predicted octanol–water partition coefficient (Wildman–Crippen LogP) is 2.22. The number of carbonyl (C=O) groups excluding carboxylic acids is 1. The summed E-state index contributed by atoms with van der Waals surface area (Å²) in [4.78, 5) is 12.1. The van der Waals surface area contributed by atoms with E-state index in [0.717, 1.165) is 17.5 Å². The number of ether oxygens (including phenoxy) is 1. The quantitative estimate of drug-likeness (QED) is 0.869. The molecule has 1 aliphatic carbocycles. The van der Waals surface area contributed by atoms with Crippen molar-refractivity contribution in [2.24, 2.45) is 5.92 Å². The minimum absolute atomic E-state index is 0.0897. The maximum atomic E-state index is 12.1. The van der Waals surface area contributed by atoms with Crippen LogP contribution in [0, 0.1) is 5.92 Å². The number of benzene rings is 1. The van der Waals surface area contributed by atoms with E-state index in [0.29, 0.717) is 13.0 Å². The Morgan fingerprint density at radius 1 is 1.39 bits per heavy atom. The second-order valence-corrected chi connectivity index (χ2v) is 5.19. The number of Topliss-reactive ketones (excluding diaryl/α,β-unsaturated/α-hetero) is 1. The minimum Gasteiger partial charge on any atom is -0.391 e. The molecule has 18 heavy (non-hydrogen) atoms. The molecule has 0 heterocycles. The van der Waals surface area contributed by atoms with Crippen LogP contribution in [0.3, 0.4) is 0 Å². The molecule has 2 atom stereocenters. The fraction of sp³-hybridized carbons (Fsp3) is 0.533. The Morgan fingerprint density at radius 2 is 2.11 bits per heavy atom. The molecular weight excluding hydrogens is 228 g/mol. The highest BCUT2D eigenvalue weighted by molar-refractivity contribution is 6.02. The number of aliphatic hydroxyl groups excluding tert-OH is 1. The summed E-state index contributed by atoms with van der Waals surface area (Å²) in [7, 11) is 0. The lowest BCUT2D eigenvalue weighted by molar-refractivity contribution is -0.00244. The van der Waals surface area contributed by atoms with Crippen molar-refractivity contribution >= 4 is 5.78 Å². The van der Waals surface area contributed by atoms with Crippen LogP contribution in [0.15, 0.2) is 24.3 Å².